The Bertz CT molecular complexity index is 846. The van der Waals surface area contributed by atoms with Crippen LogP contribution in [0, 0.1) is 17.0 Å². The minimum Gasteiger partial charge on any atom is -0.462 e. The van der Waals surface area contributed by atoms with E-state index in [1.807, 2.05) is 38.1 Å². The van der Waals surface area contributed by atoms with Gasteiger partial charge in [-0.15, -0.1) is 0 Å². The Morgan fingerprint density at radius 1 is 1.11 bits per heavy atom. The van der Waals surface area contributed by atoms with E-state index in [2.05, 4.69) is 5.32 Å². The number of hydrogen-bond donors (Lipinski definition) is 1. The van der Waals surface area contributed by atoms with Crippen LogP contribution in [0.15, 0.2) is 42.5 Å². The highest BCUT2D eigenvalue weighted by Crippen LogP contribution is 2.21. The molecule has 0 radical (unpaired) electrons. The van der Waals surface area contributed by atoms with Gasteiger partial charge in [0.15, 0.2) is 0 Å². The van der Waals surface area contributed by atoms with Crippen molar-refractivity contribution in [3.63, 3.8) is 0 Å². The number of carbonyl (C=O) groups excluding carboxylic acids is 2. The van der Waals surface area contributed by atoms with E-state index in [4.69, 9.17) is 4.74 Å². The maximum Gasteiger partial charge on any atom is 0.338 e. The third-order valence-electron chi connectivity index (χ3n) is 4.10. The van der Waals surface area contributed by atoms with Gasteiger partial charge in [0.1, 0.15) is 0 Å². The maximum absolute atomic E-state index is 12.7. The fourth-order valence-electron chi connectivity index (χ4n) is 2.64. The number of esters is 1. The van der Waals surface area contributed by atoms with Gasteiger partial charge >= 0.3 is 5.97 Å². The Balaban J connectivity index is 2.31. The Morgan fingerprint density at radius 3 is 2.30 bits per heavy atom. The summed E-state index contributed by atoms with van der Waals surface area (Å²) in [7, 11) is 0. The number of nitro groups is 1. The molecule has 142 valence electrons. The minimum atomic E-state index is -0.708. The number of rotatable bonds is 7. The van der Waals surface area contributed by atoms with Gasteiger partial charge in [-0.1, -0.05) is 36.8 Å². The molecule has 2 aromatic rings. The lowest BCUT2D eigenvalue weighted by Crippen LogP contribution is -2.28. The monoisotopic (exact) mass is 370 g/mol. The summed E-state index contributed by atoms with van der Waals surface area (Å²) in [5, 5.41) is 14.0. The van der Waals surface area contributed by atoms with E-state index < -0.39 is 16.8 Å². The summed E-state index contributed by atoms with van der Waals surface area (Å²) in [6, 6.07) is 11.1. The molecular formula is C20H22N2O5. The molecule has 2 rings (SSSR count). The highest BCUT2D eigenvalue weighted by atomic mass is 16.6. The molecule has 0 fully saturated rings. The van der Waals surface area contributed by atoms with Gasteiger partial charge in [-0.2, -0.15) is 0 Å². The lowest BCUT2D eigenvalue weighted by molar-refractivity contribution is -0.384. The van der Waals surface area contributed by atoms with E-state index in [0.717, 1.165) is 23.3 Å². The second-order valence-electron chi connectivity index (χ2n) is 6.09. The van der Waals surface area contributed by atoms with E-state index in [9.17, 15) is 19.7 Å². The first kappa shape index (κ1) is 20.1. The molecule has 1 atom stereocenters. The summed E-state index contributed by atoms with van der Waals surface area (Å²) in [5.41, 5.74) is 1.72. The van der Waals surface area contributed by atoms with E-state index in [-0.39, 0.29) is 29.5 Å². The standard InChI is InChI=1S/C20H22N2O5/c1-4-18(14-8-6-13(3)7-9-14)21-19(23)15-10-16(20(24)27-5-2)12-17(11-15)22(25)26/h6-12,18H,4-5H2,1-3H3,(H,21,23). The highest BCUT2D eigenvalue weighted by molar-refractivity contribution is 5.99. The Hall–Kier alpha value is -3.22. The number of aryl methyl sites for hydroxylation is 1. The van der Waals surface area contributed by atoms with Crippen LogP contribution in [0.5, 0.6) is 0 Å². The molecule has 0 aliphatic carbocycles. The molecule has 0 bridgehead atoms. The number of carbonyl (C=O) groups is 2. The number of nitrogens with one attached hydrogen (secondary N) is 1. The summed E-state index contributed by atoms with van der Waals surface area (Å²) in [4.78, 5) is 35.1. The fraction of sp³-hybridized carbons (Fsp3) is 0.300. The lowest BCUT2D eigenvalue weighted by atomic mass is 10.0. The number of nitro benzene ring substituents is 1. The molecule has 0 saturated heterocycles. The number of ether oxygens (including phenoxy) is 1. The topological polar surface area (TPSA) is 98.5 Å². The van der Waals surface area contributed by atoms with Gasteiger partial charge in [-0.3, -0.25) is 14.9 Å². The lowest BCUT2D eigenvalue weighted by Gasteiger charge is -2.18. The summed E-state index contributed by atoms with van der Waals surface area (Å²) in [6.07, 6.45) is 0.647. The zero-order valence-corrected chi connectivity index (χ0v) is 15.5. The molecule has 7 heteroatoms. The van der Waals surface area contributed by atoms with Crippen molar-refractivity contribution in [2.24, 2.45) is 0 Å². The Kier molecular flexibility index (Phi) is 6.65. The first-order chi connectivity index (χ1) is 12.8. The van der Waals surface area contributed by atoms with E-state index in [1.165, 1.54) is 6.07 Å². The molecule has 0 aliphatic heterocycles. The van der Waals surface area contributed by atoms with Crippen LogP contribution in [0.3, 0.4) is 0 Å². The van der Waals surface area contributed by atoms with Crippen LogP contribution in [0.2, 0.25) is 0 Å². The average Bonchev–Trinajstić information content (AvgIpc) is 2.66. The predicted octanol–water partition coefficient (Wildman–Crippen LogP) is 3.96. The number of non-ortho nitro benzene ring substituents is 1. The summed E-state index contributed by atoms with van der Waals surface area (Å²) in [5.74, 6) is -1.20. The van der Waals surface area contributed by atoms with Crippen molar-refractivity contribution in [2.75, 3.05) is 6.61 Å². The third-order valence-corrected chi connectivity index (χ3v) is 4.10. The van der Waals surface area contributed by atoms with Crippen LogP contribution >= 0.6 is 0 Å². The van der Waals surface area contributed by atoms with Crippen LogP contribution < -0.4 is 5.32 Å². The van der Waals surface area contributed by atoms with Crippen molar-refractivity contribution in [2.45, 2.75) is 33.2 Å². The quantitative estimate of drug-likeness (QED) is 0.452. The van der Waals surface area contributed by atoms with Crippen LogP contribution in [-0.2, 0) is 4.74 Å². The van der Waals surface area contributed by atoms with E-state index in [0.29, 0.717) is 6.42 Å². The first-order valence-corrected chi connectivity index (χ1v) is 8.69. The van der Waals surface area contributed by atoms with Gasteiger partial charge < -0.3 is 10.1 Å². The van der Waals surface area contributed by atoms with E-state index in [1.54, 1.807) is 6.92 Å². The second kappa shape index (κ2) is 8.93. The molecule has 27 heavy (non-hydrogen) atoms. The zero-order chi connectivity index (χ0) is 20.0. The average molecular weight is 370 g/mol. The van der Waals surface area contributed by atoms with Crippen molar-refractivity contribution >= 4 is 17.6 Å². The van der Waals surface area contributed by atoms with Crippen LogP contribution in [0.1, 0.15) is 58.2 Å². The van der Waals surface area contributed by atoms with Crippen LogP contribution in [-0.4, -0.2) is 23.4 Å². The maximum atomic E-state index is 12.7. The zero-order valence-electron chi connectivity index (χ0n) is 15.5. The number of amides is 1. The van der Waals surface area contributed by atoms with Gasteiger partial charge in [0.25, 0.3) is 11.6 Å². The molecule has 0 saturated carbocycles. The number of benzene rings is 2. The summed E-state index contributed by atoms with van der Waals surface area (Å²) >= 11 is 0. The van der Waals surface area contributed by atoms with Crippen molar-refractivity contribution in [3.8, 4) is 0 Å². The van der Waals surface area contributed by atoms with Crippen molar-refractivity contribution in [3.05, 3.63) is 74.8 Å². The molecule has 0 heterocycles. The SMILES string of the molecule is CCOC(=O)c1cc(C(=O)NC(CC)c2ccc(C)cc2)cc([N+](=O)[O-])c1. The van der Waals surface area contributed by atoms with Gasteiger partial charge in [-0.25, -0.2) is 4.79 Å². The van der Waals surface area contributed by atoms with Gasteiger partial charge in [0, 0.05) is 17.7 Å². The Labute approximate surface area is 157 Å². The summed E-state index contributed by atoms with van der Waals surface area (Å²) < 4.78 is 4.89. The normalized spacial score (nSPS) is 11.5. The van der Waals surface area contributed by atoms with Crippen LogP contribution in [0.25, 0.3) is 0 Å². The smallest absolute Gasteiger partial charge is 0.338 e. The first-order valence-electron chi connectivity index (χ1n) is 8.69. The molecule has 2 aromatic carbocycles. The van der Waals surface area contributed by atoms with Crippen molar-refractivity contribution in [1.82, 2.24) is 5.32 Å². The van der Waals surface area contributed by atoms with Crippen molar-refractivity contribution in [1.29, 1.82) is 0 Å². The molecule has 1 unspecified atom stereocenters. The number of hydrogen-bond acceptors (Lipinski definition) is 5. The second-order valence-corrected chi connectivity index (χ2v) is 6.09. The molecule has 0 spiro atoms. The molecule has 1 N–H and O–H groups in total. The molecule has 0 aliphatic rings. The Morgan fingerprint density at radius 2 is 1.74 bits per heavy atom. The van der Waals surface area contributed by atoms with Gasteiger partial charge in [0.2, 0.25) is 0 Å². The fourth-order valence-corrected chi connectivity index (χ4v) is 2.64. The minimum absolute atomic E-state index is 0.0282. The van der Waals surface area contributed by atoms with Gasteiger partial charge in [0.05, 0.1) is 23.1 Å². The number of nitrogens with zero attached hydrogens (tertiary/aromatic N) is 1. The highest BCUT2D eigenvalue weighted by Gasteiger charge is 2.20. The van der Waals surface area contributed by atoms with Gasteiger partial charge in [-0.05, 0) is 31.9 Å². The van der Waals surface area contributed by atoms with Crippen LogP contribution in [0.4, 0.5) is 5.69 Å². The van der Waals surface area contributed by atoms with E-state index >= 15 is 0 Å². The third kappa shape index (κ3) is 5.13. The molecule has 1 amide bonds. The molecule has 7 nitrogen and oxygen atoms in total. The predicted molar refractivity (Wildman–Crippen MR) is 101 cm³/mol. The molecule has 0 aromatic heterocycles. The summed E-state index contributed by atoms with van der Waals surface area (Å²) in [6.45, 7) is 5.68. The largest absolute Gasteiger partial charge is 0.462 e. The van der Waals surface area contributed by atoms with Crippen molar-refractivity contribution < 1.29 is 19.2 Å². The molecular weight excluding hydrogens is 348 g/mol.